The number of unbranched alkanes of at least 4 members (excludes halogenated alkanes) is 2. The average molecular weight is 957 g/mol. The second-order valence-electron chi connectivity index (χ2n) is 17.9. The maximum absolute atomic E-state index is 13.3. The number of aliphatic hydroxyl groups is 3. The second-order valence-corrected chi connectivity index (χ2v) is 17.9. The fraction of sp³-hybridized carbons (Fsp3) is 0.521. The van der Waals surface area contributed by atoms with Gasteiger partial charge in [-0.15, -0.1) is 0 Å². The quantitative estimate of drug-likeness (QED) is 0.0495. The Kier molecular flexibility index (Phi) is 17.0. The normalized spacial score (nSPS) is 20.9. The van der Waals surface area contributed by atoms with Crippen molar-refractivity contribution in [2.45, 2.75) is 104 Å². The van der Waals surface area contributed by atoms with Crippen LogP contribution in [0.3, 0.4) is 0 Å². The molecule has 2 aromatic heterocycles. The van der Waals surface area contributed by atoms with E-state index in [1.165, 1.54) is 17.7 Å². The number of nitrogens with zero attached hydrogens (tertiary/aromatic N) is 6. The van der Waals surface area contributed by atoms with Crippen molar-refractivity contribution in [3.63, 3.8) is 0 Å². The molecule has 8 N–H and O–H groups in total. The zero-order valence-electron chi connectivity index (χ0n) is 39.4. The lowest BCUT2D eigenvalue weighted by Gasteiger charge is -2.35. The van der Waals surface area contributed by atoms with E-state index in [1.807, 2.05) is 12.3 Å². The van der Waals surface area contributed by atoms with E-state index in [-0.39, 0.29) is 74.8 Å². The Morgan fingerprint density at radius 3 is 2.43 bits per heavy atom. The van der Waals surface area contributed by atoms with Crippen LogP contribution in [0.15, 0.2) is 48.7 Å². The molecule has 0 aliphatic carbocycles. The van der Waals surface area contributed by atoms with Crippen molar-refractivity contribution < 1.29 is 53.5 Å². The average Bonchev–Trinajstić information content (AvgIpc) is 3.84. The van der Waals surface area contributed by atoms with Gasteiger partial charge in [0, 0.05) is 90.3 Å². The van der Waals surface area contributed by atoms with E-state index in [4.69, 9.17) is 19.9 Å². The number of amides is 5. The molecular weight excluding hydrogens is 893 g/mol. The highest BCUT2D eigenvalue weighted by atomic mass is 16.7. The molecule has 5 heterocycles. The van der Waals surface area contributed by atoms with Gasteiger partial charge >= 0.3 is 6.09 Å². The minimum Gasteiger partial charge on any atom is -0.460 e. The van der Waals surface area contributed by atoms with Gasteiger partial charge in [-0.1, -0.05) is 51.0 Å². The number of anilines is 3. The number of nitrogen functional groups attached to an aromatic ring is 1. The maximum atomic E-state index is 13.3. The number of likely N-dealkylation sites (tertiary alicyclic amines) is 1. The predicted octanol–water partition coefficient (Wildman–Crippen LogP) is 2.47. The van der Waals surface area contributed by atoms with E-state index in [1.54, 1.807) is 17.9 Å². The molecule has 2 aromatic carbocycles. The Hall–Kier alpha value is -6.39. The molecule has 69 heavy (non-hydrogen) atoms. The number of benzene rings is 2. The van der Waals surface area contributed by atoms with Crippen LogP contribution in [0, 0.1) is 12.8 Å². The molecule has 0 bridgehead atoms. The van der Waals surface area contributed by atoms with Crippen molar-refractivity contribution in [2.75, 3.05) is 68.8 Å². The molecule has 3 aliphatic rings. The third-order valence-electron chi connectivity index (χ3n) is 12.6. The van der Waals surface area contributed by atoms with Gasteiger partial charge in [-0.3, -0.25) is 29.0 Å². The summed E-state index contributed by atoms with van der Waals surface area (Å²) in [5.41, 5.74) is 11.9. The van der Waals surface area contributed by atoms with Crippen LogP contribution >= 0.6 is 0 Å². The number of imide groups is 1. The lowest BCUT2D eigenvalue weighted by atomic mass is 10.0. The third-order valence-corrected chi connectivity index (χ3v) is 12.6. The first kappa shape index (κ1) is 50.5. The number of fused-ring (bicyclic) bond motifs is 1. The van der Waals surface area contributed by atoms with Crippen LogP contribution < -0.4 is 26.4 Å². The Balaban J connectivity index is 0.898. The first-order valence-electron chi connectivity index (χ1n) is 23.6. The van der Waals surface area contributed by atoms with Crippen molar-refractivity contribution in [1.29, 1.82) is 0 Å². The Morgan fingerprint density at radius 1 is 0.913 bits per heavy atom. The number of hydrogen-bond acceptors (Lipinski definition) is 16. The summed E-state index contributed by atoms with van der Waals surface area (Å²) in [4.78, 5) is 77.1. The summed E-state index contributed by atoms with van der Waals surface area (Å²) in [7, 11) is 0. The minimum atomic E-state index is -1.61. The molecule has 0 radical (unpaired) electrons. The Labute approximate surface area is 400 Å². The zero-order valence-corrected chi connectivity index (χ0v) is 39.4. The maximum Gasteiger partial charge on any atom is 0.410 e. The van der Waals surface area contributed by atoms with Gasteiger partial charge in [0.15, 0.2) is 5.82 Å². The van der Waals surface area contributed by atoms with Gasteiger partial charge < -0.3 is 60.7 Å². The molecule has 372 valence electrons. The number of aliphatic hydroxyl groups excluding tert-OH is 3. The Morgan fingerprint density at radius 2 is 1.70 bits per heavy atom. The Bertz CT molecular complexity index is 2480. The number of ether oxygens (including phenoxy) is 3. The molecule has 21 nitrogen and oxygen atoms in total. The number of nitrogens with one attached hydrogen (secondary N) is 3. The number of aryl methyl sites for hydroxylation is 1. The molecular formula is C48H64N10O11. The molecule has 1 unspecified atom stereocenters. The number of carbonyl (C=O) groups is 5. The molecule has 0 spiro atoms. The van der Waals surface area contributed by atoms with Gasteiger partial charge in [0.25, 0.3) is 0 Å². The van der Waals surface area contributed by atoms with E-state index in [9.17, 15) is 39.3 Å². The smallest absolute Gasteiger partial charge is 0.410 e. The number of nitrogens with two attached hydrogens (primary N) is 1. The number of piperazine rings is 1. The van der Waals surface area contributed by atoms with Gasteiger partial charge in [-0.25, -0.2) is 9.78 Å². The van der Waals surface area contributed by atoms with E-state index >= 15 is 0 Å². The van der Waals surface area contributed by atoms with E-state index < -0.39 is 48.4 Å². The van der Waals surface area contributed by atoms with Gasteiger partial charge in [0.2, 0.25) is 35.9 Å². The number of aromatic nitrogens is 3. The fourth-order valence-corrected chi connectivity index (χ4v) is 8.55. The predicted molar refractivity (Wildman–Crippen MR) is 253 cm³/mol. The molecule has 21 heteroatoms. The van der Waals surface area contributed by atoms with Crippen LogP contribution in [-0.4, -0.2) is 151 Å². The van der Waals surface area contributed by atoms with E-state index in [0.29, 0.717) is 38.3 Å². The highest BCUT2D eigenvalue weighted by Gasteiger charge is 2.39. The molecule has 3 fully saturated rings. The zero-order chi connectivity index (χ0) is 49.2. The summed E-state index contributed by atoms with van der Waals surface area (Å²) >= 11 is 0. The van der Waals surface area contributed by atoms with E-state index in [0.717, 1.165) is 65.2 Å². The largest absolute Gasteiger partial charge is 0.460 e. The lowest BCUT2D eigenvalue weighted by Crippen LogP contribution is -2.54. The summed E-state index contributed by atoms with van der Waals surface area (Å²) in [6.45, 7) is 9.76. The van der Waals surface area contributed by atoms with Crippen LogP contribution in [0.5, 0.6) is 5.75 Å². The van der Waals surface area contributed by atoms with Crippen molar-refractivity contribution in [1.82, 2.24) is 34.6 Å². The standard InChI is InChI=1S/C48H64N10O11/c1-4-5-6-14-51-44-41-34(53-47(49)54-44)12-16-57(41)26-33-9-7-31(22-29(33)2)25-55-18-20-56(21-19-55)48(66)68-27-32-8-10-37(69-46-43(64)42(63)36(59)28-67-46)35(24-32)52-39(61)11-15-50-38(60)13-17-58-40(62)23-30(3)45(58)65/h7-10,12,16,22,24,30,36,42-43,46,59,63-64H,4-6,11,13-15,17-21,23,25-28H2,1-3H3,(H,50,60)(H,52,61)(H3,49,51,53,54)/t30?,36-,42+,43-,46+/m1/s1. The third kappa shape index (κ3) is 13.0. The first-order valence-corrected chi connectivity index (χ1v) is 23.6. The molecule has 5 amide bonds. The number of hydrogen-bond donors (Lipinski definition) is 7. The van der Waals surface area contributed by atoms with Crippen molar-refractivity contribution in [3.05, 3.63) is 70.9 Å². The SMILES string of the molecule is CCCCCNc1nc(N)nc2ccn(Cc3ccc(CN4CCN(C(=O)OCc5ccc(O[C@@H]6OC[C@@H](O)[C@H](O)[C@H]6O)c(NC(=O)CCNC(=O)CCN6C(=O)CC(C)C6=O)c5)CC4)cc3C)c12. The molecule has 5 atom stereocenters. The number of rotatable bonds is 20. The monoisotopic (exact) mass is 956 g/mol. The summed E-state index contributed by atoms with van der Waals surface area (Å²) in [6, 6.07) is 13.1. The van der Waals surface area contributed by atoms with Crippen LogP contribution in [0.4, 0.5) is 22.2 Å². The highest BCUT2D eigenvalue weighted by molar-refractivity contribution is 6.03. The van der Waals surface area contributed by atoms with Crippen LogP contribution in [0.1, 0.15) is 74.6 Å². The van der Waals surface area contributed by atoms with Gasteiger partial charge in [-0.05, 0) is 53.8 Å². The summed E-state index contributed by atoms with van der Waals surface area (Å²) in [6.07, 6.45) is -1.19. The van der Waals surface area contributed by atoms with Crippen molar-refractivity contribution in [3.8, 4) is 5.75 Å². The van der Waals surface area contributed by atoms with Gasteiger partial charge in [0.1, 0.15) is 36.2 Å². The fourth-order valence-electron chi connectivity index (χ4n) is 8.55. The molecule has 7 rings (SSSR count). The van der Waals surface area contributed by atoms with Gasteiger partial charge in [-0.2, -0.15) is 4.98 Å². The molecule has 0 saturated carbocycles. The number of carbonyl (C=O) groups excluding carboxylic acids is 5. The second kappa shape index (κ2) is 23.3. The summed E-state index contributed by atoms with van der Waals surface area (Å²) in [5, 5.41) is 39.4. The van der Waals surface area contributed by atoms with Crippen LogP contribution in [-0.2, 0) is 48.3 Å². The highest BCUT2D eigenvalue weighted by Crippen LogP contribution is 2.31. The summed E-state index contributed by atoms with van der Waals surface area (Å²) < 4.78 is 19.1. The summed E-state index contributed by atoms with van der Waals surface area (Å²) in [5.74, 6) is -0.980. The van der Waals surface area contributed by atoms with Crippen molar-refractivity contribution >= 4 is 58.2 Å². The molecule has 3 saturated heterocycles. The van der Waals surface area contributed by atoms with Gasteiger partial charge in [0.05, 0.1) is 17.8 Å². The minimum absolute atomic E-state index is 0.0494. The first-order chi connectivity index (χ1) is 33.2. The van der Waals surface area contributed by atoms with Crippen molar-refractivity contribution in [2.24, 2.45) is 5.92 Å². The van der Waals surface area contributed by atoms with Crippen LogP contribution in [0.25, 0.3) is 11.0 Å². The van der Waals surface area contributed by atoms with Crippen LogP contribution in [0.2, 0.25) is 0 Å². The van der Waals surface area contributed by atoms with E-state index in [2.05, 4.69) is 67.4 Å². The molecule has 3 aliphatic heterocycles. The molecule has 4 aromatic rings. The topological polar surface area (TPSA) is 276 Å². The lowest BCUT2D eigenvalue weighted by molar-refractivity contribution is -0.241.